The fraction of sp³-hybridized carbons (Fsp3) is 1.00. The van der Waals surface area contributed by atoms with E-state index in [1.165, 1.54) is 32.6 Å². The molecule has 2 heteroatoms. The van der Waals surface area contributed by atoms with Gasteiger partial charge in [-0.15, -0.1) is 0 Å². The van der Waals surface area contributed by atoms with Crippen LogP contribution in [0.3, 0.4) is 0 Å². The van der Waals surface area contributed by atoms with Crippen molar-refractivity contribution < 1.29 is 0 Å². The van der Waals surface area contributed by atoms with Crippen LogP contribution in [0.4, 0.5) is 0 Å². The number of fused-ring (bicyclic) bond motifs is 1. The molecule has 2 saturated heterocycles. The first kappa shape index (κ1) is 8.52. The Labute approximate surface area is 75.3 Å². The van der Waals surface area contributed by atoms with Gasteiger partial charge in [0.15, 0.2) is 0 Å². The molecule has 2 rings (SSSR count). The molecule has 2 atom stereocenters. The van der Waals surface area contributed by atoms with E-state index in [0.29, 0.717) is 0 Å². The van der Waals surface area contributed by atoms with Gasteiger partial charge in [-0.1, -0.05) is 0 Å². The van der Waals surface area contributed by atoms with Crippen molar-refractivity contribution in [1.29, 1.82) is 0 Å². The van der Waals surface area contributed by atoms with Gasteiger partial charge in [-0.05, 0) is 51.7 Å². The lowest BCUT2D eigenvalue weighted by atomic mass is 9.88. The Kier molecular flexibility index (Phi) is 2.37. The van der Waals surface area contributed by atoms with Gasteiger partial charge in [0.1, 0.15) is 0 Å². The molecule has 0 spiro atoms. The molecule has 2 fully saturated rings. The number of nitrogens with zero attached hydrogens (tertiary/aromatic N) is 1. The third kappa shape index (κ3) is 1.50. The summed E-state index contributed by atoms with van der Waals surface area (Å²) in [5.41, 5.74) is 0. The van der Waals surface area contributed by atoms with Crippen LogP contribution in [0.15, 0.2) is 0 Å². The number of piperidine rings is 1. The lowest BCUT2D eigenvalue weighted by molar-refractivity contribution is 0.118. The molecule has 0 aliphatic carbocycles. The van der Waals surface area contributed by atoms with E-state index >= 15 is 0 Å². The average Bonchev–Trinajstić information content (AvgIpc) is 2.49. The van der Waals surface area contributed by atoms with Gasteiger partial charge >= 0.3 is 0 Å². The summed E-state index contributed by atoms with van der Waals surface area (Å²) in [5, 5.41) is 3.50. The minimum atomic E-state index is 0.742. The molecule has 1 N–H and O–H groups in total. The van der Waals surface area contributed by atoms with Crippen molar-refractivity contribution in [3.63, 3.8) is 0 Å². The summed E-state index contributed by atoms with van der Waals surface area (Å²) in [6, 6.07) is 0.742. The Morgan fingerprint density at radius 2 is 2.00 bits per heavy atom. The normalized spacial score (nSPS) is 37.2. The van der Waals surface area contributed by atoms with Gasteiger partial charge in [0.2, 0.25) is 0 Å². The molecule has 12 heavy (non-hydrogen) atoms. The summed E-state index contributed by atoms with van der Waals surface area (Å²) >= 11 is 0. The fourth-order valence-corrected chi connectivity index (χ4v) is 2.53. The first-order valence-electron chi connectivity index (χ1n) is 5.22. The van der Waals surface area contributed by atoms with Gasteiger partial charge < -0.3 is 10.2 Å². The maximum atomic E-state index is 3.50. The zero-order valence-corrected chi connectivity index (χ0v) is 8.21. The first-order valence-corrected chi connectivity index (χ1v) is 5.22. The molecule has 0 aromatic heterocycles. The van der Waals surface area contributed by atoms with Crippen molar-refractivity contribution >= 4 is 0 Å². The summed E-state index contributed by atoms with van der Waals surface area (Å²) in [6.07, 6.45) is 1.41. The monoisotopic (exact) mass is 168 g/mol. The number of hydrogen-bond donors (Lipinski definition) is 1. The van der Waals surface area contributed by atoms with Crippen LogP contribution in [0, 0.1) is 11.8 Å². The van der Waals surface area contributed by atoms with Gasteiger partial charge in [0.05, 0.1) is 0 Å². The summed E-state index contributed by atoms with van der Waals surface area (Å²) in [6.45, 7) is 9.80. The van der Waals surface area contributed by atoms with E-state index < -0.39 is 0 Å². The van der Waals surface area contributed by atoms with Crippen molar-refractivity contribution in [1.82, 2.24) is 10.2 Å². The van der Waals surface area contributed by atoms with E-state index in [1.54, 1.807) is 0 Å². The van der Waals surface area contributed by atoms with Gasteiger partial charge in [0, 0.05) is 12.6 Å². The average molecular weight is 168 g/mol. The molecule has 70 valence electrons. The van der Waals surface area contributed by atoms with Crippen molar-refractivity contribution in [2.75, 3.05) is 26.2 Å². The van der Waals surface area contributed by atoms with Crippen LogP contribution in [-0.2, 0) is 0 Å². The highest BCUT2D eigenvalue weighted by molar-refractivity contribution is 4.88. The number of hydrogen-bond acceptors (Lipinski definition) is 2. The molecule has 0 aromatic carbocycles. The summed E-state index contributed by atoms with van der Waals surface area (Å²) in [4.78, 5) is 2.62. The second-order valence-electron chi connectivity index (χ2n) is 4.56. The van der Waals surface area contributed by atoms with Crippen LogP contribution < -0.4 is 5.32 Å². The predicted molar refractivity (Wildman–Crippen MR) is 51.2 cm³/mol. The maximum absolute atomic E-state index is 3.50. The highest BCUT2D eigenvalue weighted by Gasteiger charge is 2.33. The van der Waals surface area contributed by atoms with Crippen LogP contribution >= 0.6 is 0 Å². The zero-order valence-electron chi connectivity index (χ0n) is 8.21. The van der Waals surface area contributed by atoms with Crippen LogP contribution in [0.2, 0.25) is 0 Å². The molecule has 0 radical (unpaired) electrons. The van der Waals surface area contributed by atoms with Crippen LogP contribution in [-0.4, -0.2) is 37.1 Å². The summed E-state index contributed by atoms with van der Waals surface area (Å²) in [7, 11) is 0. The van der Waals surface area contributed by atoms with Gasteiger partial charge in [-0.25, -0.2) is 0 Å². The van der Waals surface area contributed by atoms with Crippen molar-refractivity contribution in [2.45, 2.75) is 26.3 Å². The highest BCUT2D eigenvalue weighted by atomic mass is 15.2. The molecule has 2 heterocycles. The molecule has 2 aliphatic rings. The zero-order chi connectivity index (χ0) is 8.55. The van der Waals surface area contributed by atoms with E-state index in [1.807, 2.05) is 0 Å². The van der Waals surface area contributed by atoms with E-state index in [-0.39, 0.29) is 0 Å². The topological polar surface area (TPSA) is 15.3 Å². The minimum absolute atomic E-state index is 0.742. The maximum Gasteiger partial charge on any atom is 0.00387 e. The predicted octanol–water partition coefficient (Wildman–Crippen LogP) is 0.936. The molecule has 0 aromatic rings. The number of rotatable bonds is 1. The quantitative estimate of drug-likeness (QED) is 0.627. The molecule has 0 saturated carbocycles. The van der Waals surface area contributed by atoms with E-state index in [9.17, 15) is 0 Å². The standard InChI is InChI=1S/C10H20N2/c1-8(2)12-4-3-9-5-11-6-10(9)7-12/h8-11H,3-7H2,1-2H3. The molecule has 2 nitrogen and oxygen atoms in total. The van der Waals surface area contributed by atoms with Crippen molar-refractivity contribution in [3.8, 4) is 0 Å². The number of likely N-dealkylation sites (tertiary alicyclic amines) is 1. The Morgan fingerprint density at radius 1 is 1.25 bits per heavy atom. The van der Waals surface area contributed by atoms with E-state index in [0.717, 1.165) is 17.9 Å². The first-order chi connectivity index (χ1) is 5.77. The second-order valence-corrected chi connectivity index (χ2v) is 4.56. The van der Waals surface area contributed by atoms with Crippen LogP contribution in [0.1, 0.15) is 20.3 Å². The Balaban J connectivity index is 1.92. The molecular formula is C10H20N2. The smallest absolute Gasteiger partial charge is 0.00387 e. The second kappa shape index (κ2) is 3.35. The van der Waals surface area contributed by atoms with Crippen molar-refractivity contribution in [2.24, 2.45) is 11.8 Å². The lowest BCUT2D eigenvalue weighted by Gasteiger charge is -2.36. The highest BCUT2D eigenvalue weighted by Crippen LogP contribution is 2.27. The lowest BCUT2D eigenvalue weighted by Crippen LogP contribution is -2.43. The Hall–Kier alpha value is -0.0800. The van der Waals surface area contributed by atoms with Crippen LogP contribution in [0.25, 0.3) is 0 Å². The fourth-order valence-electron chi connectivity index (χ4n) is 2.53. The van der Waals surface area contributed by atoms with Crippen molar-refractivity contribution in [3.05, 3.63) is 0 Å². The van der Waals surface area contributed by atoms with Gasteiger partial charge in [0.25, 0.3) is 0 Å². The molecule has 0 amide bonds. The summed E-state index contributed by atoms with van der Waals surface area (Å²) < 4.78 is 0. The molecule has 0 bridgehead atoms. The van der Waals surface area contributed by atoms with Gasteiger partial charge in [-0.2, -0.15) is 0 Å². The summed E-state index contributed by atoms with van der Waals surface area (Å²) in [5.74, 6) is 1.93. The molecule has 2 unspecified atom stereocenters. The van der Waals surface area contributed by atoms with Crippen LogP contribution in [0.5, 0.6) is 0 Å². The molecule has 2 aliphatic heterocycles. The minimum Gasteiger partial charge on any atom is -0.316 e. The SMILES string of the molecule is CC(C)N1CCC2CNCC2C1. The van der Waals surface area contributed by atoms with Gasteiger partial charge in [-0.3, -0.25) is 0 Å². The third-order valence-electron chi connectivity index (χ3n) is 3.47. The Bertz CT molecular complexity index is 156. The van der Waals surface area contributed by atoms with E-state index in [4.69, 9.17) is 0 Å². The third-order valence-corrected chi connectivity index (χ3v) is 3.47. The van der Waals surface area contributed by atoms with E-state index in [2.05, 4.69) is 24.1 Å². The number of nitrogens with one attached hydrogen (secondary N) is 1. The Morgan fingerprint density at radius 3 is 2.75 bits per heavy atom. The molecular weight excluding hydrogens is 148 g/mol. The largest absolute Gasteiger partial charge is 0.316 e.